The molecule has 1 saturated carbocycles. The number of nitrogens with one attached hydrogen (secondary N) is 1. The van der Waals surface area contributed by atoms with E-state index >= 15 is 0 Å². The number of carbonyl (C=O) groups excluding carboxylic acids is 1. The third-order valence-corrected chi connectivity index (χ3v) is 10.2. The van der Waals surface area contributed by atoms with Crippen molar-refractivity contribution in [3.05, 3.63) is 87.9 Å². The number of benzene rings is 3. The second-order valence-electron chi connectivity index (χ2n) is 12.7. The van der Waals surface area contributed by atoms with Crippen molar-refractivity contribution in [3.8, 4) is 11.5 Å². The Balaban J connectivity index is 1.21. The highest BCUT2D eigenvalue weighted by atomic mass is 35.5. The van der Waals surface area contributed by atoms with Gasteiger partial charge in [-0.1, -0.05) is 42.8 Å². The van der Waals surface area contributed by atoms with Gasteiger partial charge in [0.05, 0.1) is 27.4 Å². The van der Waals surface area contributed by atoms with E-state index in [0.717, 1.165) is 61.5 Å². The zero-order valence-electron chi connectivity index (χ0n) is 25.4. The fourth-order valence-corrected chi connectivity index (χ4v) is 7.96. The lowest BCUT2D eigenvalue weighted by Crippen LogP contribution is -2.53. The second-order valence-corrected chi connectivity index (χ2v) is 13.1. The largest absolute Gasteiger partial charge is 0.497 e. The Kier molecular flexibility index (Phi) is 8.61. The smallest absolute Gasteiger partial charge is 0.331 e. The highest BCUT2D eigenvalue weighted by molar-refractivity contribution is 6.30. The van der Waals surface area contributed by atoms with Gasteiger partial charge in [0.2, 0.25) is 0 Å². The highest BCUT2D eigenvalue weighted by Gasteiger charge is 2.54. The number of rotatable bonds is 10. The van der Waals surface area contributed by atoms with Crippen molar-refractivity contribution in [1.29, 1.82) is 0 Å². The highest BCUT2D eigenvalue weighted by Crippen LogP contribution is 2.57. The van der Waals surface area contributed by atoms with Gasteiger partial charge in [0.1, 0.15) is 17.0 Å². The molecule has 43 heavy (non-hydrogen) atoms. The first-order valence-electron chi connectivity index (χ1n) is 15.5. The van der Waals surface area contributed by atoms with E-state index in [1.165, 1.54) is 23.8 Å². The quantitative estimate of drug-likeness (QED) is 0.242. The van der Waals surface area contributed by atoms with Gasteiger partial charge in [-0.15, -0.1) is 0 Å². The van der Waals surface area contributed by atoms with Gasteiger partial charge in [-0.05, 0) is 114 Å². The van der Waals surface area contributed by atoms with E-state index in [0.29, 0.717) is 42.9 Å². The Morgan fingerprint density at radius 2 is 1.84 bits per heavy atom. The van der Waals surface area contributed by atoms with E-state index < -0.39 is 5.54 Å². The van der Waals surface area contributed by atoms with Gasteiger partial charge in [0.15, 0.2) is 0 Å². The Bertz CT molecular complexity index is 1450. The van der Waals surface area contributed by atoms with E-state index in [9.17, 15) is 4.79 Å². The summed E-state index contributed by atoms with van der Waals surface area (Å²) in [6.07, 6.45) is 6.25. The number of carbonyl (C=O) groups is 1. The lowest BCUT2D eigenvalue weighted by Gasteiger charge is -2.47. The van der Waals surface area contributed by atoms with Crippen LogP contribution in [0.4, 0.5) is 5.69 Å². The molecule has 6 nitrogen and oxygen atoms in total. The molecular formula is C36H42ClNO5. The van der Waals surface area contributed by atoms with Crippen LogP contribution in [0.1, 0.15) is 61.3 Å². The molecule has 2 atom stereocenters. The molecule has 1 N–H and O–H groups in total. The Labute approximate surface area is 260 Å². The summed E-state index contributed by atoms with van der Waals surface area (Å²) < 4.78 is 22.9. The molecule has 0 aromatic heterocycles. The number of hydrogen-bond donors (Lipinski definition) is 1. The van der Waals surface area contributed by atoms with Crippen molar-refractivity contribution in [2.45, 2.75) is 69.4 Å². The van der Waals surface area contributed by atoms with E-state index in [1.807, 2.05) is 36.4 Å². The predicted octanol–water partition coefficient (Wildman–Crippen LogP) is 7.53. The molecule has 0 bridgehead atoms. The number of ether oxygens (including phenoxy) is 4. The molecule has 6 rings (SSSR count). The number of hydrogen-bond acceptors (Lipinski definition) is 6. The van der Waals surface area contributed by atoms with Gasteiger partial charge in [0, 0.05) is 23.7 Å². The first-order chi connectivity index (χ1) is 20.8. The Morgan fingerprint density at radius 1 is 1.05 bits per heavy atom. The first kappa shape index (κ1) is 29.8. The maximum absolute atomic E-state index is 13.3. The summed E-state index contributed by atoms with van der Waals surface area (Å²) in [6.45, 7) is 4.35. The summed E-state index contributed by atoms with van der Waals surface area (Å²) in [7, 11) is 3.16. The number of methoxy groups -OCH3 is 2. The average molecular weight is 604 g/mol. The van der Waals surface area contributed by atoms with Gasteiger partial charge in [-0.25, -0.2) is 4.79 Å². The molecule has 3 aliphatic rings. The molecule has 3 aromatic rings. The van der Waals surface area contributed by atoms with Gasteiger partial charge < -0.3 is 24.3 Å². The zero-order valence-corrected chi connectivity index (χ0v) is 26.2. The van der Waals surface area contributed by atoms with Gasteiger partial charge in [-0.3, -0.25) is 0 Å². The molecular weight excluding hydrogens is 562 g/mol. The van der Waals surface area contributed by atoms with Crippen molar-refractivity contribution in [3.63, 3.8) is 0 Å². The Morgan fingerprint density at radius 3 is 2.56 bits per heavy atom. The van der Waals surface area contributed by atoms with Crippen LogP contribution in [-0.2, 0) is 39.1 Å². The lowest BCUT2D eigenvalue weighted by molar-refractivity contribution is -0.148. The number of fused-ring (bicyclic) bond motifs is 3. The maximum atomic E-state index is 13.3. The fourth-order valence-electron chi connectivity index (χ4n) is 7.77. The standard InChI is InChI=1S/C36H42ClNO5/c1-24(22-42-23-25-7-9-31(40-2)10-8-25)17-28-19-27-18-26-11-16-43-33(26)21-32(27)35(28)12-14-36(15-13-35,34(39)41-3)38-30-6-4-5-29(37)20-30/h4-10,18,20-21,24,28,38H,11-17,19,22-23H2,1-3H3/t24-,28?,35?,36?/m1/s1. The molecule has 1 fully saturated rings. The van der Waals surface area contributed by atoms with Crippen molar-refractivity contribution in [2.75, 3.05) is 32.8 Å². The minimum absolute atomic E-state index is 0.0198. The monoisotopic (exact) mass is 603 g/mol. The van der Waals surface area contributed by atoms with Gasteiger partial charge in [-0.2, -0.15) is 0 Å². The maximum Gasteiger partial charge on any atom is 0.331 e. The van der Waals surface area contributed by atoms with E-state index in [2.05, 4.69) is 36.5 Å². The molecule has 228 valence electrons. The molecule has 1 aliphatic heterocycles. The van der Waals surface area contributed by atoms with Crippen LogP contribution in [0.2, 0.25) is 5.02 Å². The molecule has 0 saturated heterocycles. The fraction of sp³-hybridized carbons (Fsp3) is 0.472. The SMILES string of the molecule is COC(=O)C1(Nc2cccc(Cl)c2)CCC2(CC1)c1cc3c(cc1CC2C[C@@H](C)COCc1ccc(OC)cc1)CCO3. The summed E-state index contributed by atoms with van der Waals surface area (Å²) in [5.41, 5.74) is 5.37. The summed E-state index contributed by atoms with van der Waals surface area (Å²) in [6, 6.07) is 20.4. The summed E-state index contributed by atoms with van der Waals surface area (Å²) in [5.74, 6) is 2.54. The van der Waals surface area contributed by atoms with Crippen LogP contribution in [0.15, 0.2) is 60.7 Å². The van der Waals surface area contributed by atoms with E-state index in [-0.39, 0.29) is 11.4 Å². The molecule has 2 aliphatic carbocycles. The number of esters is 1. The van der Waals surface area contributed by atoms with Crippen LogP contribution in [-0.4, -0.2) is 38.9 Å². The van der Waals surface area contributed by atoms with Crippen molar-refractivity contribution < 1.29 is 23.7 Å². The molecule has 7 heteroatoms. The van der Waals surface area contributed by atoms with Crippen LogP contribution in [0.5, 0.6) is 11.5 Å². The number of anilines is 1. The molecule has 1 unspecified atom stereocenters. The first-order valence-corrected chi connectivity index (χ1v) is 15.8. The summed E-state index contributed by atoms with van der Waals surface area (Å²) in [5, 5.41) is 4.19. The van der Waals surface area contributed by atoms with Gasteiger partial charge >= 0.3 is 5.97 Å². The van der Waals surface area contributed by atoms with E-state index in [4.69, 9.17) is 30.5 Å². The average Bonchev–Trinajstić information content (AvgIpc) is 3.59. The van der Waals surface area contributed by atoms with Crippen molar-refractivity contribution >= 4 is 23.3 Å². The molecule has 3 aromatic carbocycles. The van der Waals surface area contributed by atoms with Gasteiger partial charge in [0.25, 0.3) is 0 Å². The molecule has 0 radical (unpaired) electrons. The zero-order chi connectivity index (χ0) is 30.0. The predicted molar refractivity (Wildman–Crippen MR) is 169 cm³/mol. The Hall–Kier alpha value is -3.22. The van der Waals surface area contributed by atoms with Crippen molar-refractivity contribution in [1.82, 2.24) is 0 Å². The minimum Gasteiger partial charge on any atom is -0.497 e. The summed E-state index contributed by atoms with van der Waals surface area (Å²) >= 11 is 6.29. The van der Waals surface area contributed by atoms with E-state index in [1.54, 1.807) is 7.11 Å². The minimum atomic E-state index is -0.793. The van der Waals surface area contributed by atoms with Crippen LogP contribution in [0, 0.1) is 11.8 Å². The van der Waals surface area contributed by atoms with Crippen LogP contribution < -0.4 is 14.8 Å². The normalized spacial score (nSPS) is 24.6. The molecule has 1 spiro atoms. The van der Waals surface area contributed by atoms with Crippen LogP contribution >= 0.6 is 11.6 Å². The van der Waals surface area contributed by atoms with Crippen molar-refractivity contribution in [2.24, 2.45) is 11.8 Å². The second kappa shape index (κ2) is 12.4. The molecule has 0 amide bonds. The lowest BCUT2D eigenvalue weighted by atomic mass is 9.59. The summed E-state index contributed by atoms with van der Waals surface area (Å²) in [4.78, 5) is 13.3. The number of halogens is 1. The topological polar surface area (TPSA) is 66.0 Å². The molecule has 1 heterocycles. The third-order valence-electron chi connectivity index (χ3n) is 10.00. The van der Waals surface area contributed by atoms with Crippen LogP contribution in [0.3, 0.4) is 0 Å². The van der Waals surface area contributed by atoms with Crippen LogP contribution in [0.25, 0.3) is 0 Å². The third kappa shape index (κ3) is 5.97.